The smallest absolute Gasteiger partial charge is 0.192 e. The summed E-state index contributed by atoms with van der Waals surface area (Å²) in [5.41, 5.74) is 0.679. The number of para-hydroxylation sites is 1. The number of hydrogen-bond acceptors (Lipinski definition) is 5. The minimum atomic E-state index is -0.396. The summed E-state index contributed by atoms with van der Waals surface area (Å²) in [4.78, 5) is 12.7. The van der Waals surface area contributed by atoms with Crippen molar-refractivity contribution in [2.45, 2.75) is 50.4 Å². The number of halogens is 1. The Labute approximate surface area is 197 Å². The maximum atomic E-state index is 14.1. The number of benzene rings is 1. The van der Waals surface area contributed by atoms with Gasteiger partial charge in [0.1, 0.15) is 6.61 Å². The van der Waals surface area contributed by atoms with Gasteiger partial charge < -0.3 is 9.30 Å². The summed E-state index contributed by atoms with van der Waals surface area (Å²) in [6.07, 6.45) is 7.04. The van der Waals surface area contributed by atoms with Crippen LogP contribution in [0.4, 0.5) is 4.39 Å². The molecule has 0 amide bonds. The lowest BCUT2D eigenvalue weighted by atomic mass is 9.84. The average Bonchev–Trinajstić information content (AvgIpc) is 3.61. The number of carbonyl (C=O) groups excluding carboxylic acids is 1. The van der Waals surface area contributed by atoms with Crippen LogP contribution in [0.5, 0.6) is 5.75 Å². The van der Waals surface area contributed by atoms with Gasteiger partial charge in [0.05, 0.1) is 11.4 Å². The van der Waals surface area contributed by atoms with Crippen molar-refractivity contribution < 1.29 is 13.9 Å². The van der Waals surface area contributed by atoms with Crippen LogP contribution in [0, 0.1) is 23.6 Å². The number of fused-ring (bicyclic) bond motifs is 2. The molecule has 0 saturated heterocycles. The van der Waals surface area contributed by atoms with Crippen molar-refractivity contribution in [3.8, 4) is 5.75 Å². The predicted molar refractivity (Wildman–Crippen MR) is 125 cm³/mol. The van der Waals surface area contributed by atoms with Gasteiger partial charge in [0, 0.05) is 19.3 Å². The van der Waals surface area contributed by atoms with Crippen molar-refractivity contribution in [2.75, 3.05) is 5.75 Å². The molecule has 0 spiro atoms. The molecule has 6 nitrogen and oxygen atoms in total. The highest BCUT2D eigenvalue weighted by Crippen LogP contribution is 2.52. The number of ether oxygens (including phenoxy) is 1. The normalized spacial score (nSPS) is 22.6. The summed E-state index contributed by atoms with van der Waals surface area (Å²) in [7, 11) is 1.87. The third-order valence-electron chi connectivity index (χ3n) is 7.31. The molecule has 2 saturated carbocycles. The number of rotatable bonds is 9. The monoisotopic (exact) mass is 468 g/mol. The van der Waals surface area contributed by atoms with Gasteiger partial charge in [-0.1, -0.05) is 30.3 Å². The van der Waals surface area contributed by atoms with E-state index < -0.39 is 5.82 Å². The van der Waals surface area contributed by atoms with Gasteiger partial charge in [-0.2, -0.15) is 0 Å². The minimum Gasteiger partial charge on any atom is -0.483 e. The molecule has 0 N–H and O–H groups in total. The van der Waals surface area contributed by atoms with Crippen molar-refractivity contribution >= 4 is 17.5 Å². The molecule has 3 aromatic rings. The van der Waals surface area contributed by atoms with Crippen LogP contribution in [0.3, 0.4) is 0 Å². The topological polar surface area (TPSA) is 61.9 Å². The fourth-order valence-electron chi connectivity index (χ4n) is 5.65. The van der Waals surface area contributed by atoms with Gasteiger partial charge in [-0.15, -0.1) is 10.2 Å². The van der Waals surface area contributed by atoms with Crippen LogP contribution in [0.15, 0.2) is 47.8 Å². The Balaban J connectivity index is 1.37. The van der Waals surface area contributed by atoms with Crippen molar-refractivity contribution in [1.82, 2.24) is 19.3 Å². The van der Waals surface area contributed by atoms with Crippen molar-refractivity contribution in [3.05, 3.63) is 59.9 Å². The Hall–Kier alpha value is -2.61. The number of nitrogens with zero attached hydrogens (tertiary/aromatic N) is 4. The van der Waals surface area contributed by atoms with E-state index in [9.17, 15) is 9.18 Å². The van der Waals surface area contributed by atoms with Gasteiger partial charge >= 0.3 is 0 Å². The quantitative estimate of drug-likeness (QED) is 0.315. The lowest BCUT2D eigenvalue weighted by Gasteiger charge is -2.30. The molecule has 5 rings (SSSR count). The Morgan fingerprint density at radius 2 is 2.06 bits per heavy atom. The van der Waals surface area contributed by atoms with Crippen LogP contribution >= 0.6 is 11.8 Å². The number of ketones is 1. The number of Topliss-reactive ketones (excluding diaryl/α,β-unsaturated/α-hetero) is 1. The largest absolute Gasteiger partial charge is 0.483 e. The van der Waals surface area contributed by atoms with Crippen molar-refractivity contribution in [1.29, 1.82) is 0 Å². The molecule has 174 valence electrons. The SMILES string of the molecule is CC(C1CC2CCC1C2)n1c(COc2ccccc2F)nnc1SCC(=O)c1cccn1C. The van der Waals surface area contributed by atoms with E-state index in [1.165, 1.54) is 43.5 Å². The zero-order valence-electron chi connectivity index (χ0n) is 19.0. The van der Waals surface area contributed by atoms with E-state index in [0.29, 0.717) is 17.4 Å². The number of carbonyl (C=O) groups is 1. The highest BCUT2D eigenvalue weighted by molar-refractivity contribution is 7.99. The molecule has 2 bridgehead atoms. The third-order valence-corrected chi connectivity index (χ3v) is 8.25. The maximum Gasteiger partial charge on any atom is 0.192 e. The van der Waals surface area contributed by atoms with E-state index in [-0.39, 0.29) is 29.9 Å². The number of thioether (sulfide) groups is 1. The van der Waals surface area contributed by atoms with E-state index in [0.717, 1.165) is 17.0 Å². The van der Waals surface area contributed by atoms with Gasteiger partial charge in [-0.25, -0.2) is 4.39 Å². The highest BCUT2D eigenvalue weighted by atomic mass is 32.2. The molecule has 2 heterocycles. The summed E-state index contributed by atoms with van der Waals surface area (Å²) < 4.78 is 23.8. The van der Waals surface area contributed by atoms with Crippen LogP contribution in [0.2, 0.25) is 0 Å². The van der Waals surface area contributed by atoms with E-state index in [2.05, 4.69) is 21.7 Å². The Kier molecular flexibility index (Phi) is 6.27. The molecule has 0 aliphatic heterocycles. The number of aromatic nitrogens is 4. The highest BCUT2D eigenvalue weighted by Gasteiger charge is 2.43. The Morgan fingerprint density at radius 1 is 1.21 bits per heavy atom. The molecule has 4 unspecified atom stereocenters. The third kappa shape index (κ3) is 4.45. The van der Waals surface area contributed by atoms with Crippen LogP contribution in [0.1, 0.15) is 55.0 Å². The van der Waals surface area contributed by atoms with Crippen molar-refractivity contribution in [3.63, 3.8) is 0 Å². The Morgan fingerprint density at radius 3 is 2.76 bits per heavy atom. The minimum absolute atomic E-state index is 0.0544. The fourth-order valence-corrected chi connectivity index (χ4v) is 6.57. The van der Waals surface area contributed by atoms with E-state index in [1.807, 2.05) is 29.9 Å². The van der Waals surface area contributed by atoms with Gasteiger partial charge in [0.25, 0.3) is 0 Å². The van der Waals surface area contributed by atoms with Gasteiger partial charge in [0.2, 0.25) is 0 Å². The molecule has 1 aromatic carbocycles. The van der Waals surface area contributed by atoms with Crippen LogP contribution < -0.4 is 4.74 Å². The van der Waals surface area contributed by atoms with Crippen LogP contribution in [0.25, 0.3) is 0 Å². The first-order valence-electron chi connectivity index (χ1n) is 11.6. The maximum absolute atomic E-state index is 14.1. The van der Waals surface area contributed by atoms with Crippen molar-refractivity contribution in [2.24, 2.45) is 24.8 Å². The summed E-state index contributed by atoms with van der Waals surface area (Å²) in [5.74, 6) is 2.94. The first kappa shape index (κ1) is 22.2. The van der Waals surface area contributed by atoms with Gasteiger partial charge in [-0.3, -0.25) is 9.36 Å². The molecule has 33 heavy (non-hydrogen) atoms. The molecule has 2 fully saturated rings. The van der Waals surface area contributed by atoms with Gasteiger partial charge in [-0.05, 0) is 68.2 Å². The van der Waals surface area contributed by atoms with E-state index >= 15 is 0 Å². The summed E-state index contributed by atoms with van der Waals surface area (Å²) in [6, 6.07) is 10.3. The molecule has 0 radical (unpaired) electrons. The predicted octanol–water partition coefficient (Wildman–Crippen LogP) is 5.31. The first-order chi connectivity index (χ1) is 16.0. The van der Waals surface area contributed by atoms with Crippen LogP contribution in [-0.4, -0.2) is 30.9 Å². The summed E-state index contributed by atoms with van der Waals surface area (Å²) >= 11 is 1.41. The number of hydrogen-bond donors (Lipinski definition) is 0. The zero-order chi connectivity index (χ0) is 22.9. The molecule has 2 aliphatic rings. The Bertz CT molecular complexity index is 1140. The average molecular weight is 469 g/mol. The van der Waals surface area contributed by atoms with Crippen LogP contribution in [-0.2, 0) is 13.7 Å². The second kappa shape index (κ2) is 9.33. The fraction of sp³-hybridized carbons (Fsp3) is 0.480. The second-order valence-electron chi connectivity index (χ2n) is 9.28. The summed E-state index contributed by atoms with van der Waals surface area (Å²) in [5, 5.41) is 9.55. The zero-order valence-corrected chi connectivity index (χ0v) is 19.8. The molecule has 8 heteroatoms. The standard InChI is InChI=1S/C25H29FN4O2S/c1-16(19-13-17-9-10-18(19)12-17)30-24(14-32-23-8-4-3-6-20(23)26)27-28-25(30)33-15-22(31)21-7-5-11-29(21)2/h3-8,11,16-19H,9-10,12-15H2,1-2H3. The summed E-state index contributed by atoms with van der Waals surface area (Å²) in [6.45, 7) is 2.36. The molecular formula is C25H29FN4O2S. The lowest BCUT2D eigenvalue weighted by Crippen LogP contribution is -2.24. The van der Waals surface area contributed by atoms with E-state index in [4.69, 9.17) is 4.74 Å². The van der Waals surface area contributed by atoms with Gasteiger partial charge in [0.15, 0.2) is 28.3 Å². The molecule has 2 aliphatic carbocycles. The van der Waals surface area contributed by atoms with E-state index in [1.54, 1.807) is 18.2 Å². The first-order valence-corrected chi connectivity index (χ1v) is 12.6. The second-order valence-corrected chi connectivity index (χ2v) is 10.2. The molecular weight excluding hydrogens is 439 g/mol. The number of aryl methyl sites for hydroxylation is 1. The molecule has 2 aromatic heterocycles. The molecule has 4 atom stereocenters. The lowest BCUT2D eigenvalue weighted by molar-refractivity contribution is 0.101.